The van der Waals surface area contributed by atoms with E-state index in [4.69, 9.17) is 0 Å². The van der Waals surface area contributed by atoms with Crippen LogP contribution in [0.4, 0.5) is 0 Å². The van der Waals surface area contributed by atoms with Crippen LogP contribution in [0.3, 0.4) is 0 Å². The Labute approximate surface area is 111 Å². The minimum atomic E-state index is 0.145. The largest absolute Gasteiger partial charge is 0.355 e. The number of carbonyl (C=O) groups excluding carboxylic acids is 1. The number of hydrogen-bond donors (Lipinski definition) is 2. The molecular weight excluding hydrogens is 224 g/mol. The van der Waals surface area contributed by atoms with E-state index >= 15 is 0 Å². The molecule has 0 bridgehead atoms. The Kier molecular flexibility index (Phi) is 3.25. The molecule has 1 heterocycles. The van der Waals surface area contributed by atoms with Gasteiger partial charge < -0.3 is 10.6 Å². The van der Waals surface area contributed by atoms with Crippen molar-refractivity contribution in [1.82, 2.24) is 10.6 Å². The summed E-state index contributed by atoms with van der Waals surface area (Å²) in [6, 6.07) is 0. The Morgan fingerprint density at radius 3 is 2.06 bits per heavy atom. The van der Waals surface area contributed by atoms with Crippen LogP contribution in [0.5, 0.6) is 0 Å². The smallest absolute Gasteiger partial charge is 0.224 e. The lowest BCUT2D eigenvalue weighted by molar-refractivity contribution is -0.124. The quantitative estimate of drug-likeness (QED) is 0.808. The maximum Gasteiger partial charge on any atom is 0.224 e. The van der Waals surface area contributed by atoms with E-state index in [1.54, 1.807) is 0 Å². The predicted octanol–water partition coefficient (Wildman–Crippen LogP) is 2.17. The molecule has 0 aromatic rings. The van der Waals surface area contributed by atoms with Crippen LogP contribution in [-0.2, 0) is 4.79 Å². The summed E-state index contributed by atoms with van der Waals surface area (Å²) >= 11 is 0. The van der Waals surface area contributed by atoms with Crippen molar-refractivity contribution in [1.29, 1.82) is 0 Å². The van der Waals surface area contributed by atoms with Gasteiger partial charge in [0.2, 0.25) is 5.91 Å². The van der Waals surface area contributed by atoms with Crippen LogP contribution >= 0.6 is 0 Å². The fourth-order valence-corrected chi connectivity index (χ4v) is 3.46. The predicted molar refractivity (Wildman–Crippen MR) is 74.3 cm³/mol. The summed E-state index contributed by atoms with van der Waals surface area (Å²) in [4.78, 5) is 12.3. The highest BCUT2D eigenvalue weighted by Crippen LogP contribution is 2.68. The van der Waals surface area contributed by atoms with Crippen molar-refractivity contribution >= 4 is 5.91 Å². The summed E-state index contributed by atoms with van der Waals surface area (Å²) in [6.45, 7) is 14.1. The van der Waals surface area contributed by atoms with E-state index in [1.807, 2.05) is 0 Å². The molecule has 1 aliphatic heterocycles. The van der Waals surface area contributed by atoms with Crippen LogP contribution in [0.25, 0.3) is 0 Å². The number of nitrogens with one attached hydrogen (secondary N) is 2. The standard InChI is InChI=1S/C15H28N2O/c1-13(2)11(14(13,3)4)12(18)17-10-15(5)6-8-16-9-7-15/h11,16H,6-10H2,1-5H3,(H,17,18). The monoisotopic (exact) mass is 252 g/mol. The van der Waals surface area contributed by atoms with E-state index in [9.17, 15) is 4.79 Å². The van der Waals surface area contributed by atoms with Gasteiger partial charge in [0, 0.05) is 12.5 Å². The van der Waals surface area contributed by atoms with E-state index in [-0.39, 0.29) is 28.1 Å². The molecule has 1 amide bonds. The van der Waals surface area contributed by atoms with E-state index in [2.05, 4.69) is 45.3 Å². The second kappa shape index (κ2) is 4.22. The third-order valence-corrected chi connectivity index (χ3v) is 5.78. The molecule has 0 atom stereocenters. The number of amides is 1. The van der Waals surface area contributed by atoms with Crippen LogP contribution in [0.1, 0.15) is 47.5 Å². The number of piperidine rings is 1. The first kappa shape index (κ1) is 13.9. The highest BCUT2D eigenvalue weighted by Gasteiger charge is 2.68. The Balaban J connectivity index is 1.86. The van der Waals surface area contributed by atoms with Crippen molar-refractivity contribution in [2.45, 2.75) is 47.5 Å². The lowest BCUT2D eigenvalue weighted by Gasteiger charge is -2.34. The summed E-state index contributed by atoms with van der Waals surface area (Å²) in [5.41, 5.74) is 0.572. The zero-order valence-electron chi connectivity index (χ0n) is 12.5. The molecule has 3 nitrogen and oxygen atoms in total. The molecule has 1 aliphatic carbocycles. The Morgan fingerprint density at radius 1 is 1.11 bits per heavy atom. The Morgan fingerprint density at radius 2 is 1.61 bits per heavy atom. The second-order valence-electron chi connectivity index (χ2n) is 7.65. The molecule has 2 rings (SSSR count). The summed E-state index contributed by atoms with van der Waals surface area (Å²) in [5.74, 6) is 0.431. The van der Waals surface area contributed by atoms with Gasteiger partial charge >= 0.3 is 0 Å². The van der Waals surface area contributed by atoms with E-state index in [0.717, 1.165) is 32.5 Å². The maximum atomic E-state index is 12.3. The van der Waals surface area contributed by atoms with E-state index in [0.29, 0.717) is 0 Å². The van der Waals surface area contributed by atoms with E-state index in [1.165, 1.54) is 0 Å². The number of carbonyl (C=O) groups is 1. The van der Waals surface area contributed by atoms with Crippen molar-refractivity contribution in [3.63, 3.8) is 0 Å². The maximum absolute atomic E-state index is 12.3. The lowest BCUT2D eigenvalue weighted by atomic mass is 9.81. The van der Waals surface area contributed by atoms with Crippen LogP contribution < -0.4 is 10.6 Å². The number of rotatable bonds is 3. The van der Waals surface area contributed by atoms with Gasteiger partial charge in [0.1, 0.15) is 0 Å². The number of hydrogen-bond acceptors (Lipinski definition) is 2. The third-order valence-electron chi connectivity index (χ3n) is 5.78. The van der Waals surface area contributed by atoms with Gasteiger partial charge in [0.15, 0.2) is 0 Å². The fraction of sp³-hybridized carbons (Fsp3) is 0.933. The third kappa shape index (κ3) is 2.18. The van der Waals surface area contributed by atoms with Gasteiger partial charge in [-0.15, -0.1) is 0 Å². The summed E-state index contributed by atoms with van der Waals surface area (Å²) in [7, 11) is 0. The first-order valence-corrected chi connectivity index (χ1v) is 7.19. The molecule has 18 heavy (non-hydrogen) atoms. The van der Waals surface area contributed by atoms with Gasteiger partial charge in [0.25, 0.3) is 0 Å². The molecule has 0 radical (unpaired) electrons. The van der Waals surface area contributed by atoms with Crippen LogP contribution in [0, 0.1) is 22.2 Å². The Hall–Kier alpha value is -0.570. The molecule has 0 unspecified atom stereocenters. The first-order valence-electron chi connectivity index (χ1n) is 7.19. The topological polar surface area (TPSA) is 41.1 Å². The highest BCUT2D eigenvalue weighted by atomic mass is 16.2. The normalized spacial score (nSPS) is 28.7. The van der Waals surface area contributed by atoms with Gasteiger partial charge in [-0.3, -0.25) is 4.79 Å². The zero-order chi connectivity index (χ0) is 13.6. The molecule has 1 saturated carbocycles. The molecule has 2 N–H and O–H groups in total. The summed E-state index contributed by atoms with van der Waals surface area (Å²) in [5, 5.41) is 6.58. The Bertz CT molecular complexity index is 326. The van der Waals surface area contributed by atoms with Crippen molar-refractivity contribution in [3.05, 3.63) is 0 Å². The average molecular weight is 252 g/mol. The molecule has 1 saturated heterocycles. The van der Waals surface area contributed by atoms with Gasteiger partial charge in [0.05, 0.1) is 0 Å². The van der Waals surface area contributed by atoms with Crippen molar-refractivity contribution < 1.29 is 4.79 Å². The van der Waals surface area contributed by atoms with Gasteiger partial charge in [-0.25, -0.2) is 0 Å². The molecule has 0 aromatic carbocycles. The zero-order valence-corrected chi connectivity index (χ0v) is 12.5. The lowest BCUT2D eigenvalue weighted by Crippen LogP contribution is -2.43. The van der Waals surface area contributed by atoms with Gasteiger partial charge in [-0.05, 0) is 42.2 Å². The molecule has 104 valence electrons. The second-order valence-corrected chi connectivity index (χ2v) is 7.65. The molecule has 3 heteroatoms. The molecule has 0 aromatic heterocycles. The molecule has 2 fully saturated rings. The van der Waals surface area contributed by atoms with Crippen LogP contribution in [-0.4, -0.2) is 25.5 Å². The van der Waals surface area contributed by atoms with Crippen LogP contribution in [0.15, 0.2) is 0 Å². The highest BCUT2D eigenvalue weighted by molar-refractivity contribution is 5.84. The van der Waals surface area contributed by atoms with Crippen molar-refractivity contribution in [3.8, 4) is 0 Å². The first-order chi connectivity index (χ1) is 8.21. The minimum Gasteiger partial charge on any atom is -0.355 e. The van der Waals surface area contributed by atoms with Crippen molar-refractivity contribution in [2.24, 2.45) is 22.2 Å². The summed E-state index contributed by atoms with van der Waals surface area (Å²) in [6.07, 6.45) is 2.31. The molecule has 2 aliphatic rings. The van der Waals surface area contributed by atoms with Crippen LogP contribution in [0.2, 0.25) is 0 Å². The van der Waals surface area contributed by atoms with Gasteiger partial charge in [-0.2, -0.15) is 0 Å². The van der Waals surface area contributed by atoms with Gasteiger partial charge in [-0.1, -0.05) is 34.6 Å². The summed E-state index contributed by atoms with van der Waals surface area (Å²) < 4.78 is 0. The SMILES string of the molecule is CC1(CNC(=O)C2C(C)(C)C2(C)C)CCNCC1. The minimum absolute atomic E-state index is 0.145. The average Bonchev–Trinajstić information content (AvgIpc) is 2.68. The molecular formula is C15H28N2O. The van der Waals surface area contributed by atoms with Crippen molar-refractivity contribution in [2.75, 3.05) is 19.6 Å². The fourth-order valence-electron chi connectivity index (χ4n) is 3.46. The van der Waals surface area contributed by atoms with E-state index < -0.39 is 0 Å². The molecule has 0 spiro atoms.